The second-order valence-electron chi connectivity index (χ2n) is 4.93. The number of ether oxygens (including phenoxy) is 1. The van der Waals surface area contributed by atoms with Crippen molar-refractivity contribution in [3.8, 4) is 5.75 Å². The van der Waals surface area contributed by atoms with Gasteiger partial charge >= 0.3 is 0 Å². The summed E-state index contributed by atoms with van der Waals surface area (Å²) >= 11 is 0. The van der Waals surface area contributed by atoms with Gasteiger partial charge in [-0.25, -0.2) is 0 Å². The Labute approximate surface area is 110 Å². The molecule has 3 nitrogen and oxygen atoms in total. The molecule has 0 amide bonds. The van der Waals surface area contributed by atoms with Crippen molar-refractivity contribution in [2.45, 2.75) is 32.4 Å². The predicted octanol–water partition coefficient (Wildman–Crippen LogP) is 2.27. The summed E-state index contributed by atoms with van der Waals surface area (Å²) in [6, 6.07) is 9.02. The van der Waals surface area contributed by atoms with Gasteiger partial charge in [-0.3, -0.25) is 4.90 Å². The van der Waals surface area contributed by atoms with E-state index in [-0.39, 0.29) is 0 Å². The van der Waals surface area contributed by atoms with E-state index in [1.54, 1.807) is 7.11 Å². The van der Waals surface area contributed by atoms with Crippen LogP contribution in [0.15, 0.2) is 24.3 Å². The first-order chi connectivity index (χ1) is 8.85. The van der Waals surface area contributed by atoms with E-state index in [9.17, 15) is 0 Å². The Bertz CT molecular complexity index is 361. The first kappa shape index (κ1) is 13.4. The SMILES string of the molecule is CCCN(Cc1ccccc1OC)C1CCNC1. The highest BCUT2D eigenvalue weighted by atomic mass is 16.5. The van der Waals surface area contributed by atoms with E-state index in [1.807, 2.05) is 12.1 Å². The van der Waals surface area contributed by atoms with Crippen LogP contribution in [0.4, 0.5) is 0 Å². The van der Waals surface area contributed by atoms with Crippen LogP contribution >= 0.6 is 0 Å². The lowest BCUT2D eigenvalue weighted by atomic mass is 10.1. The largest absolute Gasteiger partial charge is 0.496 e. The maximum absolute atomic E-state index is 5.44. The molecule has 1 aliphatic rings. The van der Waals surface area contributed by atoms with Crippen LogP contribution in [0.1, 0.15) is 25.3 Å². The van der Waals surface area contributed by atoms with Gasteiger partial charge in [0.25, 0.3) is 0 Å². The third-order valence-corrected chi connectivity index (χ3v) is 3.63. The molecule has 1 fully saturated rings. The zero-order valence-electron chi connectivity index (χ0n) is 11.5. The molecule has 1 N–H and O–H groups in total. The van der Waals surface area contributed by atoms with Crippen LogP contribution in [0.25, 0.3) is 0 Å². The van der Waals surface area contributed by atoms with Gasteiger partial charge in [-0.05, 0) is 32.0 Å². The lowest BCUT2D eigenvalue weighted by Gasteiger charge is -2.28. The van der Waals surface area contributed by atoms with Crippen LogP contribution in [0, 0.1) is 0 Å². The van der Waals surface area contributed by atoms with Crippen molar-refractivity contribution in [2.24, 2.45) is 0 Å². The molecule has 18 heavy (non-hydrogen) atoms. The average Bonchev–Trinajstić information content (AvgIpc) is 2.92. The van der Waals surface area contributed by atoms with Crippen molar-refractivity contribution in [3.05, 3.63) is 29.8 Å². The number of nitrogens with zero attached hydrogens (tertiary/aromatic N) is 1. The molecule has 1 heterocycles. The van der Waals surface area contributed by atoms with E-state index in [1.165, 1.54) is 18.4 Å². The quantitative estimate of drug-likeness (QED) is 0.836. The summed E-state index contributed by atoms with van der Waals surface area (Å²) in [6.45, 7) is 6.66. The van der Waals surface area contributed by atoms with Gasteiger partial charge in [0.15, 0.2) is 0 Å². The van der Waals surface area contributed by atoms with Gasteiger partial charge in [-0.2, -0.15) is 0 Å². The summed E-state index contributed by atoms with van der Waals surface area (Å²) in [5.74, 6) is 1.00. The zero-order valence-corrected chi connectivity index (χ0v) is 11.5. The number of hydrogen-bond acceptors (Lipinski definition) is 3. The molecule has 2 rings (SSSR count). The van der Waals surface area contributed by atoms with Crippen LogP contribution in [0.3, 0.4) is 0 Å². The van der Waals surface area contributed by atoms with Crippen molar-refractivity contribution < 1.29 is 4.74 Å². The lowest BCUT2D eigenvalue weighted by Crippen LogP contribution is -2.37. The Kier molecular flexibility index (Phi) is 5.02. The Morgan fingerprint density at radius 1 is 1.39 bits per heavy atom. The van der Waals surface area contributed by atoms with Crippen molar-refractivity contribution in [3.63, 3.8) is 0 Å². The molecule has 0 aliphatic carbocycles. The number of para-hydroxylation sites is 1. The molecule has 0 spiro atoms. The van der Waals surface area contributed by atoms with Crippen LogP contribution in [-0.2, 0) is 6.54 Å². The van der Waals surface area contributed by atoms with Crippen molar-refractivity contribution in [1.82, 2.24) is 10.2 Å². The molecule has 100 valence electrons. The fourth-order valence-electron chi connectivity index (χ4n) is 2.68. The van der Waals surface area contributed by atoms with E-state index in [2.05, 4.69) is 29.3 Å². The van der Waals surface area contributed by atoms with Gasteiger partial charge in [0, 0.05) is 24.7 Å². The van der Waals surface area contributed by atoms with Crippen LogP contribution < -0.4 is 10.1 Å². The van der Waals surface area contributed by atoms with Crippen molar-refractivity contribution in [1.29, 1.82) is 0 Å². The highest BCUT2D eigenvalue weighted by Crippen LogP contribution is 2.21. The van der Waals surface area contributed by atoms with Gasteiger partial charge in [0.2, 0.25) is 0 Å². The molecule has 3 heteroatoms. The highest BCUT2D eigenvalue weighted by molar-refractivity contribution is 5.33. The summed E-state index contributed by atoms with van der Waals surface area (Å²) < 4.78 is 5.44. The van der Waals surface area contributed by atoms with Crippen LogP contribution in [-0.4, -0.2) is 37.7 Å². The first-order valence-electron chi connectivity index (χ1n) is 6.91. The Hall–Kier alpha value is -1.06. The number of hydrogen-bond donors (Lipinski definition) is 1. The fourth-order valence-corrected chi connectivity index (χ4v) is 2.68. The second-order valence-corrected chi connectivity index (χ2v) is 4.93. The summed E-state index contributed by atoms with van der Waals surface area (Å²) in [7, 11) is 1.75. The predicted molar refractivity (Wildman–Crippen MR) is 75.0 cm³/mol. The van der Waals surface area contributed by atoms with Crippen LogP contribution in [0.5, 0.6) is 5.75 Å². The van der Waals surface area contributed by atoms with Gasteiger partial charge < -0.3 is 10.1 Å². The zero-order chi connectivity index (χ0) is 12.8. The van der Waals surface area contributed by atoms with E-state index in [0.29, 0.717) is 6.04 Å². The lowest BCUT2D eigenvalue weighted by molar-refractivity contribution is 0.197. The van der Waals surface area contributed by atoms with Gasteiger partial charge in [0.05, 0.1) is 7.11 Å². The number of rotatable bonds is 6. The van der Waals surface area contributed by atoms with Crippen molar-refractivity contribution >= 4 is 0 Å². The fraction of sp³-hybridized carbons (Fsp3) is 0.600. The number of nitrogens with one attached hydrogen (secondary N) is 1. The number of methoxy groups -OCH3 is 1. The summed E-state index contributed by atoms with van der Waals surface area (Å²) in [4.78, 5) is 2.58. The Morgan fingerprint density at radius 2 is 2.22 bits per heavy atom. The summed E-state index contributed by atoms with van der Waals surface area (Å²) in [5.41, 5.74) is 1.29. The third-order valence-electron chi connectivity index (χ3n) is 3.63. The maximum Gasteiger partial charge on any atom is 0.123 e. The van der Waals surface area contributed by atoms with E-state index in [4.69, 9.17) is 4.74 Å². The van der Waals surface area contributed by atoms with Gasteiger partial charge in [-0.1, -0.05) is 25.1 Å². The number of benzene rings is 1. The average molecular weight is 248 g/mol. The molecule has 0 aromatic heterocycles. The monoisotopic (exact) mass is 248 g/mol. The molecular weight excluding hydrogens is 224 g/mol. The summed E-state index contributed by atoms with van der Waals surface area (Å²) in [6.07, 6.45) is 2.46. The van der Waals surface area contributed by atoms with E-state index in [0.717, 1.165) is 31.9 Å². The molecule has 1 aromatic carbocycles. The minimum absolute atomic E-state index is 0.676. The Balaban J connectivity index is 2.07. The third kappa shape index (κ3) is 3.24. The molecule has 1 aromatic rings. The molecular formula is C15H24N2O. The molecule has 0 radical (unpaired) electrons. The topological polar surface area (TPSA) is 24.5 Å². The maximum atomic E-state index is 5.44. The summed E-state index contributed by atoms with van der Waals surface area (Å²) in [5, 5.41) is 3.45. The molecule has 1 aliphatic heterocycles. The molecule has 1 saturated heterocycles. The van der Waals surface area contributed by atoms with Gasteiger partial charge in [0.1, 0.15) is 5.75 Å². The molecule has 0 saturated carbocycles. The second kappa shape index (κ2) is 6.76. The molecule has 1 atom stereocenters. The van der Waals surface area contributed by atoms with Crippen LogP contribution in [0.2, 0.25) is 0 Å². The minimum Gasteiger partial charge on any atom is -0.496 e. The highest BCUT2D eigenvalue weighted by Gasteiger charge is 2.22. The van der Waals surface area contributed by atoms with Crippen molar-refractivity contribution in [2.75, 3.05) is 26.7 Å². The standard InChI is InChI=1S/C15H24N2O/c1-3-10-17(14-8-9-16-11-14)12-13-6-4-5-7-15(13)18-2/h4-7,14,16H,3,8-12H2,1-2H3. The van der Waals surface area contributed by atoms with E-state index < -0.39 is 0 Å². The smallest absolute Gasteiger partial charge is 0.123 e. The first-order valence-corrected chi connectivity index (χ1v) is 6.91. The molecule has 0 bridgehead atoms. The normalized spacial score (nSPS) is 19.4. The Morgan fingerprint density at radius 3 is 2.89 bits per heavy atom. The van der Waals surface area contributed by atoms with E-state index >= 15 is 0 Å². The minimum atomic E-state index is 0.676. The van der Waals surface area contributed by atoms with Gasteiger partial charge in [-0.15, -0.1) is 0 Å². The molecule has 1 unspecified atom stereocenters.